The minimum absolute atomic E-state index is 0.276. The van der Waals surface area contributed by atoms with Gasteiger partial charge in [-0.2, -0.15) is 0 Å². The lowest BCUT2D eigenvalue weighted by molar-refractivity contribution is -0.119. The molecule has 0 atom stereocenters. The first-order chi connectivity index (χ1) is 15.3. The van der Waals surface area contributed by atoms with Crippen molar-refractivity contribution in [3.05, 3.63) is 59.7 Å². The molecule has 1 fully saturated rings. The first kappa shape index (κ1) is 24.1. The first-order valence-electron chi connectivity index (χ1n) is 11.1. The standard InChI is InChI=1S/C24H33N3O4S/c1-3-15-31-23-11-9-22(10-12-23)27(32(2,29)30)19-24(28)25-17-20-7-6-8-21(16-20)18-26-13-4-5-14-26/h6-12,16H,3-5,13-15,17-19H2,1-2H3,(H,25,28). The monoisotopic (exact) mass is 459 g/mol. The number of amides is 1. The molecule has 0 spiro atoms. The molecule has 0 aliphatic carbocycles. The zero-order valence-electron chi connectivity index (χ0n) is 18.9. The fourth-order valence-corrected chi connectivity index (χ4v) is 4.61. The maximum Gasteiger partial charge on any atom is 0.241 e. The Morgan fingerprint density at radius 3 is 2.44 bits per heavy atom. The van der Waals surface area contributed by atoms with Crippen LogP contribution in [0.3, 0.4) is 0 Å². The molecule has 174 valence electrons. The van der Waals surface area contributed by atoms with Crippen LogP contribution in [-0.4, -0.2) is 51.7 Å². The second-order valence-electron chi connectivity index (χ2n) is 8.19. The van der Waals surface area contributed by atoms with Crippen LogP contribution in [0.4, 0.5) is 5.69 Å². The van der Waals surface area contributed by atoms with E-state index in [-0.39, 0.29) is 12.5 Å². The van der Waals surface area contributed by atoms with E-state index in [2.05, 4.69) is 22.3 Å². The number of anilines is 1. The van der Waals surface area contributed by atoms with Crippen molar-refractivity contribution in [2.45, 2.75) is 39.3 Å². The predicted molar refractivity (Wildman–Crippen MR) is 127 cm³/mol. The first-order valence-corrected chi connectivity index (χ1v) is 13.0. The van der Waals surface area contributed by atoms with E-state index in [1.165, 1.54) is 18.4 Å². The van der Waals surface area contributed by atoms with E-state index >= 15 is 0 Å². The van der Waals surface area contributed by atoms with Crippen LogP contribution in [0.25, 0.3) is 0 Å². The van der Waals surface area contributed by atoms with Crippen molar-refractivity contribution in [2.75, 3.05) is 36.8 Å². The Morgan fingerprint density at radius 2 is 1.78 bits per heavy atom. The molecule has 8 heteroatoms. The number of carbonyl (C=O) groups is 1. The van der Waals surface area contributed by atoms with Crippen LogP contribution in [0.15, 0.2) is 48.5 Å². The predicted octanol–water partition coefficient (Wildman–Crippen LogP) is 3.15. The Hall–Kier alpha value is -2.58. The average molecular weight is 460 g/mol. The summed E-state index contributed by atoms with van der Waals surface area (Å²) in [5.41, 5.74) is 2.65. The van der Waals surface area contributed by atoms with Gasteiger partial charge in [0.15, 0.2) is 0 Å². The third kappa shape index (κ3) is 7.24. The van der Waals surface area contributed by atoms with Gasteiger partial charge in [0.25, 0.3) is 0 Å². The normalized spacial score (nSPS) is 14.3. The summed E-state index contributed by atoms with van der Waals surface area (Å²) in [4.78, 5) is 15.0. The number of nitrogens with one attached hydrogen (secondary N) is 1. The molecule has 0 radical (unpaired) electrons. The van der Waals surface area contributed by atoms with Crippen LogP contribution in [0.5, 0.6) is 5.75 Å². The van der Waals surface area contributed by atoms with Gasteiger partial charge in [-0.05, 0) is 67.7 Å². The minimum Gasteiger partial charge on any atom is -0.494 e. The molecule has 1 amide bonds. The number of benzene rings is 2. The van der Waals surface area contributed by atoms with Gasteiger partial charge in [-0.25, -0.2) is 8.42 Å². The van der Waals surface area contributed by atoms with E-state index in [9.17, 15) is 13.2 Å². The average Bonchev–Trinajstić information content (AvgIpc) is 3.27. The molecule has 0 unspecified atom stereocenters. The molecule has 2 aromatic carbocycles. The number of likely N-dealkylation sites (tertiary alicyclic amines) is 1. The van der Waals surface area contributed by atoms with Crippen molar-refractivity contribution in [2.24, 2.45) is 0 Å². The van der Waals surface area contributed by atoms with E-state index in [1.54, 1.807) is 24.3 Å². The fourth-order valence-electron chi connectivity index (χ4n) is 3.75. The third-order valence-electron chi connectivity index (χ3n) is 5.37. The number of nitrogens with zero attached hydrogens (tertiary/aromatic N) is 2. The van der Waals surface area contributed by atoms with Crippen LogP contribution in [0.1, 0.15) is 37.3 Å². The summed E-state index contributed by atoms with van der Waals surface area (Å²) >= 11 is 0. The lowest BCUT2D eigenvalue weighted by Gasteiger charge is -2.22. The Bertz CT molecular complexity index is 987. The number of carbonyl (C=O) groups excluding carboxylic acids is 1. The number of ether oxygens (including phenoxy) is 1. The molecule has 1 aliphatic rings. The molecule has 1 N–H and O–H groups in total. The summed E-state index contributed by atoms with van der Waals surface area (Å²) in [6.07, 6.45) is 4.49. The number of hydrogen-bond donors (Lipinski definition) is 1. The quantitative estimate of drug-likeness (QED) is 0.558. The Morgan fingerprint density at radius 1 is 1.09 bits per heavy atom. The SMILES string of the molecule is CCCOc1ccc(N(CC(=O)NCc2cccc(CN3CCCC3)c2)S(C)(=O)=O)cc1. The van der Waals surface area contributed by atoms with Gasteiger partial charge in [-0.15, -0.1) is 0 Å². The fraction of sp³-hybridized carbons (Fsp3) is 0.458. The molecule has 1 saturated heterocycles. The van der Waals surface area contributed by atoms with Crippen molar-refractivity contribution in [3.63, 3.8) is 0 Å². The van der Waals surface area contributed by atoms with Crippen molar-refractivity contribution in [1.82, 2.24) is 10.2 Å². The van der Waals surface area contributed by atoms with Crippen molar-refractivity contribution >= 4 is 21.6 Å². The van der Waals surface area contributed by atoms with Gasteiger partial charge in [0.05, 0.1) is 18.6 Å². The van der Waals surface area contributed by atoms with Gasteiger partial charge in [-0.1, -0.05) is 31.2 Å². The third-order valence-corrected chi connectivity index (χ3v) is 6.51. The topological polar surface area (TPSA) is 79.0 Å². The summed E-state index contributed by atoms with van der Waals surface area (Å²) in [6.45, 7) is 5.87. The highest BCUT2D eigenvalue weighted by atomic mass is 32.2. The maximum atomic E-state index is 12.6. The maximum absolute atomic E-state index is 12.6. The largest absolute Gasteiger partial charge is 0.494 e. The second kappa shape index (κ2) is 11.3. The molecule has 0 saturated carbocycles. The highest BCUT2D eigenvalue weighted by Gasteiger charge is 2.21. The summed E-state index contributed by atoms with van der Waals surface area (Å²) in [7, 11) is -3.62. The summed E-state index contributed by atoms with van der Waals surface area (Å²) in [5.74, 6) is 0.314. The summed E-state index contributed by atoms with van der Waals surface area (Å²) < 4.78 is 31.3. The van der Waals surface area contributed by atoms with E-state index in [4.69, 9.17) is 4.74 Å². The molecule has 32 heavy (non-hydrogen) atoms. The van der Waals surface area contributed by atoms with Gasteiger partial charge in [0, 0.05) is 13.1 Å². The number of rotatable bonds is 11. The zero-order chi connectivity index (χ0) is 23.0. The molecule has 1 heterocycles. The van der Waals surface area contributed by atoms with Crippen molar-refractivity contribution < 1.29 is 17.9 Å². The molecular weight excluding hydrogens is 426 g/mol. The second-order valence-corrected chi connectivity index (χ2v) is 10.1. The highest BCUT2D eigenvalue weighted by molar-refractivity contribution is 7.92. The summed E-state index contributed by atoms with van der Waals surface area (Å²) in [5, 5.41) is 2.85. The van der Waals surface area contributed by atoms with Gasteiger partial charge < -0.3 is 10.1 Å². The van der Waals surface area contributed by atoms with Gasteiger partial charge >= 0.3 is 0 Å². The lowest BCUT2D eigenvalue weighted by atomic mass is 10.1. The molecule has 2 aromatic rings. The number of sulfonamides is 1. The van der Waals surface area contributed by atoms with Crippen molar-refractivity contribution in [1.29, 1.82) is 0 Å². The highest BCUT2D eigenvalue weighted by Crippen LogP contribution is 2.21. The summed E-state index contributed by atoms with van der Waals surface area (Å²) in [6, 6.07) is 14.9. The van der Waals surface area contributed by atoms with Crippen LogP contribution in [0.2, 0.25) is 0 Å². The van der Waals surface area contributed by atoms with E-state index < -0.39 is 10.0 Å². The van der Waals surface area contributed by atoms with Crippen LogP contribution >= 0.6 is 0 Å². The molecule has 7 nitrogen and oxygen atoms in total. The number of hydrogen-bond acceptors (Lipinski definition) is 5. The Balaban J connectivity index is 1.58. The smallest absolute Gasteiger partial charge is 0.241 e. The van der Waals surface area contributed by atoms with Gasteiger partial charge in [0.1, 0.15) is 12.3 Å². The molecular formula is C24H33N3O4S. The van der Waals surface area contributed by atoms with E-state index in [1.807, 2.05) is 19.1 Å². The molecule has 0 aromatic heterocycles. The molecule has 1 aliphatic heterocycles. The van der Waals surface area contributed by atoms with Crippen LogP contribution < -0.4 is 14.4 Å². The van der Waals surface area contributed by atoms with Crippen LogP contribution in [0, 0.1) is 0 Å². The van der Waals surface area contributed by atoms with E-state index in [0.29, 0.717) is 24.6 Å². The van der Waals surface area contributed by atoms with Gasteiger partial charge in [-0.3, -0.25) is 14.0 Å². The lowest BCUT2D eigenvalue weighted by Crippen LogP contribution is -2.40. The Labute approximate surface area is 191 Å². The Kier molecular flexibility index (Phi) is 8.53. The molecule has 0 bridgehead atoms. The van der Waals surface area contributed by atoms with Crippen molar-refractivity contribution in [3.8, 4) is 5.75 Å². The van der Waals surface area contributed by atoms with E-state index in [0.717, 1.165) is 42.2 Å². The van der Waals surface area contributed by atoms with Gasteiger partial charge in [0.2, 0.25) is 15.9 Å². The zero-order valence-corrected chi connectivity index (χ0v) is 19.7. The minimum atomic E-state index is -3.62. The molecule has 3 rings (SSSR count). The van der Waals surface area contributed by atoms with Crippen LogP contribution in [-0.2, 0) is 27.9 Å².